The summed E-state index contributed by atoms with van der Waals surface area (Å²) in [6.45, 7) is 14.1. The van der Waals surface area contributed by atoms with Crippen LogP contribution in [0.25, 0.3) is 0 Å². The lowest BCUT2D eigenvalue weighted by Crippen LogP contribution is -2.55. The molecule has 168 valence electrons. The number of carbonyl (C=O) groups is 4. The number of amides is 2. The normalized spacial score (nSPS) is 29.0. The minimum atomic E-state index is -0.784. The highest BCUT2D eigenvalue weighted by Gasteiger charge is 2.69. The fourth-order valence-electron chi connectivity index (χ4n) is 5.01. The van der Waals surface area contributed by atoms with Gasteiger partial charge in [0.05, 0.1) is 6.04 Å². The minimum Gasteiger partial charge on any atom is -0.344 e. The average Bonchev–Trinajstić information content (AvgIpc) is 3.50. The van der Waals surface area contributed by atoms with Crippen molar-refractivity contribution in [3.8, 4) is 0 Å². The zero-order valence-electron chi connectivity index (χ0n) is 19.6. The maximum absolute atomic E-state index is 13.4. The second-order valence-electron chi connectivity index (χ2n) is 11.5. The molecule has 1 saturated heterocycles. The Morgan fingerprint density at radius 1 is 1.13 bits per heavy atom. The van der Waals surface area contributed by atoms with Gasteiger partial charge >= 0.3 is 0 Å². The van der Waals surface area contributed by atoms with E-state index in [0.29, 0.717) is 24.8 Å². The Bertz CT molecular complexity index is 747. The molecule has 2 aliphatic carbocycles. The van der Waals surface area contributed by atoms with Crippen molar-refractivity contribution in [3.63, 3.8) is 0 Å². The third-order valence-corrected chi connectivity index (χ3v) is 7.97. The van der Waals surface area contributed by atoms with Gasteiger partial charge in [0.15, 0.2) is 5.78 Å². The lowest BCUT2D eigenvalue weighted by atomic mass is 9.81. The molecule has 0 aromatic rings. The van der Waals surface area contributed by atoms with Gasteiger partial charge in [-0.3, -0.25) is 19.2 Å². The van der Waals surface area contributed by atoms with Crippen molar-refractivity contribution >= 4 is 23.4 Å². The smallest absolute Gasteiger partial charge is 0.243 e. The van der Waals surface area contributed by atoms with Crippen molar-refractivity contribution in [2.45, 2.75) is 86.2 Å². The van der Waals surface area contributed by atoms with E-state index in [1.807, 2.05) is 27.7 Å². The van der Waals surface area contributed by atoms with Crippen molar-refractivity contribution in [1.29, 1.82) is 0 Å². The molecule has 1 heterocycles. The molecule has 3 rings (SSSR count). The monoisotopic (exact) mass is 418 g/mol. The number of Topliss-reactive ketones (excluding diaryl/α,β-unsaturated/α-hetero) is 2. The van der Waals surface area contributed by atoms with E-state index in [9.17, 15) is 19.2 Å². The summed E-state index contributed by atoms with van der Waals surface area (Å²) in [5, 5.41) is 2.88. The minimum absolute atomic E-state index is 0.00178. The van der Waals surface area contributed by atoms with E-state index in [1.165, 1.54) is 6.92 Å². The molecule has 5 atom stereocenters. The first-order chi connectivity index (χ1) is 13.8. The summed E-state index contributed by atoms with van der Waals surface area (Å²) in [6, 6.07) is -1.35. The van der Waals surface area contributed by atoms with Gasteiger partial charge in [-0.05, 0) is 41.4 Å². The SMILES string of the molecule is CC(=O)C(=O)[C@H](CCC1CC1)NC(=O)[C@@H]1[C@@H]2[C@H](CN1C(=O)[C@@H](C)C(C)(C)C)C2(C)C. The summed E-state index contributed by atoms with van der Waals surface area (Å²) in [4.78, 5) is 52.6. The second-order valence-corrected chi connectivity index (χ2v) is 11.5. The van der Waals surface area contributed by atoms with E-state index in [2.05, 4.69) is 19.2 Å². The molecule has 0 spiro atoms. The Morgan fingerprint density at radius 3 is 2.23 bits per heavy atom. The molecule has 0 radical (unpaired) electrons. The zero-order valence-corrected chi connectivity index (χ0v) is 19.6. The predicted octanol–water partition coefficient (Wildman–Crippen LogP) is 2.98. The summed E-state index contributed by atoms with van der Waals surface area (Å²) in [7, 11) is 0. The summed E-state index contributed by atoms with van der Waals surface area (Å²) in [5.74, 6) is -0.541. The molecule has 0 aromatic carbocycles. The topological polar surface area (TPSA) is 83.6 Å². The number of nitrogens with zero attached hydrogens (tertiary/aromatic N) is 1. The van der Waals surface area contributed by atoms with E-state index in [0.717, 1.165) is 19.3 Å². The molecule has 1 N–H and O–H groups in total. The van der Waals surface area contributed by atoms with Gasteiger partial charge in [-0.1, -0.05) is 54.4 Å². The maximum atomic E-state index is 13.4. The molecule has 0 aromatic heterocycles. The van der Waals surface area contributed by atoms with E-state index in [1.54, 1.807) is 4.90 Å². The number of ketones is 2. The fraction of sp³-hybridized carbons (Fsp3) is 0.833. The molecule has 3 fully saturated rings. The standard InChI is InChI=1S/C24H38N2O4/c1-13(23(3,4)5)22(30)26-12-16-18(24(16,6)7)19(26)21(29)25-17(20(28)14(2)27)11-10-15-8-9-15/h13,15-19H,8-12H2,1-7H3,(H,25,29)/t13-,16+,17+,18+,19+/m1/s1. The van der Waals surface area contributed by atoms with Crippen LogP contribution in [0, 0.1) is 34.5 Å². The van der Waals surface area contributed by atoms with Crippen molar-refractivity contribution in [2.24, 2.45) is 34.5 Å². The molecule has 1 aliphatic heterocycles. The lowest BCUT2D eigenvalue weighted by molar-refractivity contribution is -0.146. The Labute approximate surface area is 180 Å². The van der Waals surface area contributed by atoms with Crippen LogP contribution in [0.4, 0.5) is 0 Å². The van der Waals surface area contributed by atoms with Gasteiger partial charge in [0.25, 0.3) is 0 Å². The molecule has 6 nitrogen and oxygen atoms in total. The van der Waals surface area contributed by atoms with Gasteiger partial charge < -0.3 is 10.2 Å². The molecule has 2 saturated carbocycles. The van der Waals surface area contributed by atoms with Crippen LogP contribution >= 0.6 is 0 Å². The number of piperidine rings is 1. The Hall–Kier alpha value is -1.72. The van der Waals surface area contributed by atoms with Gasteiger partial charge in [-0.15, -0.1) is 0 Å². The highest BCUT2D eigenvalue weighted by atomic mass is 16.2. The molecule has 30 heavy (non-hydrogen) atoms. The predicted molar refractivity (Wildman–Crippen MR) is 114 cm³/mol. The number of hydrogen-bond acceptors (Lipinski definition) is 4. The molecule has 2 amide bonds. The molecule has 6 heteroatoms. The number of fused-ring (bicyclic) bond motifs is 1. The van der Waals surface area contributed by atoms with Gasteiger partial charge in [-0.25, -0.2) is 0 Å². The average molecular weight is 419 g/mol. The van der Waals surface area contributed by atoms with Gasteiger partial charge in [0.1, 0.15) is 6.04 Å². The van der Waals surface area contributed by atoms with Crippen LogP contribution in [0.2, 0.25) is 0 Å². The highest BCUT2D eigenvalue weighted by molar-refractivity contribution is 6.38. The van der Waals surface area contributed by atoms with Crippen LogP contribution in [0.5, 0.6) is 0 Å². The molecular formula is C24H38N2O4. The summed E-state index contributed by atoms with van der Waals surface area (Å²) < 4.78 is 0. The Kier molecular flexibility index (Phi) is 5.94. The van der Waals surface area contributed by atoms with E-state index >= 15 is 0 Å². The number of hydrogen-bond donors (Lipinski definition) is 1. The maximum Gasteiger partial charge on any atom is 0.243 e. The van der Waals surface area contributed by atoms with E-state index in [4.69, 9.17) is 0 Å². The zero-order chi connectivity index (χ0) is 22.6. The fourth-order valence-corrected chi connectivity index (χ4v) is 5.01. The van der Waals surface area contributed by atoms with Gasteiger partial charge in [0.2, 0.25) is 17.6 Å². The van der Waals surface area contributed by atoms with Crippen LogP contribution in [-0.4, -0.2) is 46.9 Å². The Balaban J connectivity index is 1.77. The summed E-state index contributed by atoms with van der Waals surface area (Å²) >= 11 is 0. The van der Waals surface area contributed by atoms with Gasteiger partial charge in [-0.2, -0.15) is 0 Å². The molecule has 3 aliphatic rings. The van der Waals surface area contributed by atoms with Crippen LogP contribution < -0.4 is 5.32 Å². The first-order valence-corrected chi connectivity index (χ1v) is 11.4. The highest BCUT2D eigenvalue weighted by Crippen LogP contribution is 2.65. The molecule has 0 bridgehead atoms. The van der Waals surface area contributed by atoms with Gasteiger partial charge in [0, 0.05) is 19.4 Å². The third kappa shape index (κ3) is 4.33. The van der Waals surface area contributed by atoms with Crippen molar-refractivity contribution in [1.82, 2.24) is 10.2 Å². The molecule has 0 unspecified atom stereocenters. The molecular weight excluding hydrogens is 380 g/mol. The van der Waals surface area contributed by atoms with Crippen molar-refractivity contribution in [3.05, 3.63) is 0 Å². The number of rotatable bonds is 8. The number of nitrogens with one attached hydrogen (secondary N) is 1. The number of likely N-dealkylation sites (tertiary alicyclic amines) is 1. The van der Waals surface area contributed by atoms with Crippen molar-refractivity contribution in [2.75, 3.05) is 6.54 Å². The van der Waals surface area contributed by atoms with Crippen LogP contribution in [0.3, 0.4) is 0 Å². The number of carbonyl (C=O) groups excluding carboxylic acids is 4. The van der Waals surface area contributed by atoms with Crippen LogP contribution in [0.1, 0.15) is 74.1 Å². The lowest BCUT2D eigenvalue weighted by Gasteiger charge is -2.36. The van der Waals surface area contributed by atoms with Crippen LogP contribution in [0.15, 0.2) is 0 Å². The van der Waals surface area contributed by atoms with Crippen LogP contribution in [-0.2, 0) is 19.2 Å². The second kappa shape index (κ2) is 7.76. The first-order valence-electron chi connectivity index (χ1n) is 11.4. The summed E-state index contributed by atoms with van der Waals surface area (Å²) in [6.07, 6.45) is 3.65. The Morgan fingerprint density at radius 2 is 1.73 bits per heavy atom. The van der Waals surface area contributed by atoms with E-state index in [-0.39, 0.29) is 34.5 Å². The first kappa shape index (κ1) is 23.0. The summed E-state index contributed by atoms with van der Waals surface area (Å²) in [5.41, 5.74) is -0.185. The quantitative estimate of drug-likeness (QED) is 0.614. The van der Waals surface area contributed by atoms with Crippen molar-refractivity contribution < 1.29 is 19.2 Å². The third-order valence-electron chi connectivity index (χ3n) is 7.97. The van der Waals surface area contributed by atoms with E-state index < -0.39 is 23.7 Å². The largest absolute Gasteiger partial charge is 0.344 e.